The van der Waals surface area contributed by atoms with Gasteiger partial charge in [-0.1, -0.05) is 13.3 Å². The van der Waals surface area contributed by atoms with Crippen molar-refractivity contribution in [2.75, 3.05) is 30.0 Å². The van der Waals surface area contributed by atoms with Gasteiger partial charge in [-0.3, -0.25) is 4.79 Å². The van der Waals surface area contributed by atoms with E-state index in [4.69, 9.17) is 0 Å². The maximum absolute atomic E-state index is 11.9. The Morgan fingerprint density at radius 2 is 2.23 bits per heavy atom. The van der Waals surface area contributed by atoms with Crippen molar-refractivity contribution in [3.05, 3.63) is 24.0 Å². The van der Waals surface area contributed by atoms with E-state index in [-0.39, 0.29) is 23.5 Å². The number of carbonyl (C=O) groups excluding carboxylic acids is 1. The summed E-state index contributed by atoms with van der Waals surface area (Å²) in [6.07, 6.45) is 4.24. The van der Waals surface area contributed by atoms with Crippen molar-refractivity contribution in [2.45, 2.75) is 32.2 Å². The Bertz CT molecular complexity index is 613. The summed E-state index contributed by atoms with van der Waals surface area (Å²) in [5.41, 5.74) is 1.21. The van der Waals surface area contributed by atoms with E-state index in [1.807, 2.05) is 18.0 Å². The van der Waals surface area contributed by atoms with Crippen LogP contribution >= 0.6 is 0 Å². The van der Waals surface area contributed by atoms with Crippen LogP contribution in [0.2, 0.25) is 0 Å². The lowest BCUT2D eigenvalue weighted by Crippen LogP contribution is -2.32. The fourth-order valence-electron chi connectivity index (χ4n) is 2.49. The van der Waals surface area contributed by atoms with Gasteiger partial charge in [0.1, 0.15) is 5.69 Å². The predicted molar refractivity (Wildman–Crippen MR) is 86.9 cm³/mol. The second-order valence-corrected chi connectivity index (χ2v) is 7.91. The van der Waals surface area contributed by atoms with Crippen molar-refractivity contribution in [1.29, 1.82) is 0 Å². The third-order valence-electron chi connectivity index (χ3n) is 3.96. The third kappa shape index (κ3) is 4.19. The molecule has 2 rings (SSSR count). The molecule has 7 heteroatoms. The van der Waals surface area contributed by atoms with Crippen molar-refractivity contribution < 1.29 is 13.2 Å². The summed E-state index contributed by atoms with van der Waals surface area (Å²) in [7, 11) is -1.04. The molecule has 1 aliphatic heterocycles. The molecule has 0 saturated carbocycles. The summed E-state index contributed by atoms with van der Waals surface area (Å²) in [6, 6.07) is 3.47. The van der Waals surface area contributed by atoms with Crippen LogP contribution in [-0.2, 0) is 9.84 Å². The number of anilines is 1. The Kier molecular flexibility index (Phi) is 5.39. The number of aromatic nitrogens is 1. The second-order valence-electron chi connectivity index (χ2n) is 5.68. The molecule has 1 amide bonds. The molecule has 1 atom stereocenters. The molecule has 1 fully saturated rings. The number of rotatable bonds is 6. The first kappa shape index (κ1) is 16.7. The highest BCUT2D eigenvalue weighted by molar-refractivity contribution is 7.91. The van der Waals surface area contributed by atoms with Gasteiger partial charge in [-0.15, -0.1) is 0 Å². The van der Waals surface area contributed by atoms with E-state index in [1.165, 1.54) is 0 Å². The van der Waals surface area contributed by atoms with E-state index in [0.717, 1.165) is 18.5 Å². The minimum atomic E-state index is -2.91. The molecule has 0 spiro atoms. The molecule has 1 aromatic heterocycles. The predicted octanol–water partition coefficient (Wildman–Crippen LogP) is 1.23. The first-order chi connectivity index (χ1) is 10.4. The van der Waals surface area contributed by atoms with E-state index in [1.54, 1.807) is 12.3 Å². The maximum Gasteiger partial charge on any atom is 0.269 e. The minimum Gasteiger partial charge on any atom is -0.369 e. The first-order valence-corrected chi connectivity index (χ1v) is 9.42. The quantitative estimate of drug-likeness (QED) is 0.796. The number of pyridine rings is 1. The molecule has 1 unspecified atom stereocenters. The van der Waals surface area contributed by atoms with Gasteiger partial charge in [0.25, 0.3) is 5.91 Å². The number of sulfone groups is 1. The van der Waals surface area contributed by atoms with Crippen LogP contribution in [0.4, 0.5) is 5.69 Å². The average molecular weight is 325 g/mol. The molecular formula is C15H23N3O3S. The molecule has 0 bridgehead atoms. The lowest BCUT2D eigenvalue weighted by atomic mass is 10.2. The number of nitrogens with one attached hydrogen (secondary N) is 1. The van der Waals surface area contributed by atoms with Crippen molar-refractivity contribution in [3.63, 3.8) is 0 Å². The van der Waals surface area contributed by atoms with E-state index in [0.29, 0.717) is 18.7 Å². The highest BCUT2D eigenvalue weighted by Crippen LogP contribution is 2.22. The number of unbranched alkanes of at least 4 members (excludes halogenated alkanes) is 1. The number of amides is 1. The second kappa shape index (κ2) is 7.09. The molecule has 1 aliphatic rings. The zero-order valence-corrected chi connectivity index (χ0v) is 13.9. The number of carbonyl (C=O) groups is 1. The van der Waals surface area contributed by atoms with Crippen molar-refractivity contribution in [2.24, 2.45) is 0 Å². The standard InChI is InChI=1S/C15H23N3O3S/c1-3-4-8-16-15(19)14-6-5-12(10-17-14)18(2)13-7-9-22(20,21)11-13/h5-6,10,13H,3-4,7-9,11H2,1-2H3,(H,16,19). The molecule has 6 nitrogen and oxygen atoms in total. The number of hydrogen-bond acceptors (Lipinski definition) is 5. The fraction of sp³-hybridized carbons (Fsp3) is 0.600. The summed E-state index contributed by atoms with van der Waals surface area (Å²) in [4.78, 5) is 18.0. The summed E-state index contributed by atoms with van der Waals surface area (Å²) < 4.78 is 23.1. The fourth-order valence-corrected chi connectivity index (χ4v) is 4.26. The van der Waals surface area contributed by atoms with Crippen LogP contribution in [0.5, 0.6) is 0 Å². The smallest absolute Gasteiger partial charge is 0.269 e. The number of hydrogen-bond donors (Lipinski definition) is 1. The van der Waals surface area contributed by atoms with Gasteiger partial charge in [0.2, 0.25) is 0 Å². The molecule has 0 aromatic carbocycles. The van der Waals surface area contributed by atoms with Crippen LogP contribution in [0, 0.1) is 0 Å². The van der Waals surface area contributed by atoms with Crippen LogP contribution in [0.3, 0.4) is 0 Å². The Balaban J connectivity index is 1.98. The Morgan fingerprint density at radius 1 is 1.45 bits per heavy atom. The van der Waals surface area contributed by atoms with E-state index < -0.39 is 9.84 Å². The Morgan fingerprint density at radius 3 is 2.77 bits per heavy atom. The minimum absolute atomic E-state index is 0.0176. The topological polar surface area (TPSA) is 79.4 Å². The van der Waals surface area contributed by atoms with Gasteiger partial charge in [-0.2, -0.15) is 0 Å². The van der Waals surface area contributed by atoms with Crippen molar-refractivity contribution >= 4 is 21.4 Å². The van der Waals surface area contributed by atoms with Gasteiger partial charge in [0.15, 0.2) is 9.84 Å². The summed E-state index contributed by atoms with van der Waals surface area (Å²) in [6.45, 7) is 2.72. The van der Waals surface area contributed by atoms with Gasteiger partial charge >= 0.3 is 0 Å². The molecule has 1 N–H and O–H groups in total. The summed E-state index contributed by atoms with van der Waals surface area (Å²) >= 11 is 0. The third-order valence-corrected chi connectivity index (χ3v) is 5.71. The van der Waals surface area contributed by atoms with E-state index >= 15 is 0 Å². The highest BCUT2D eigenvalue weighted by Gasteiger charge is 2.30. The molecule has 1 saturated heterocycles. The molecule has 22 heavy (non-hydrogen) atoms. The highest BCUT2D eigenvalue weighted by atomic mass is 32.2. The van der Waals surface area contributed by atoms with Crippen molar-refractivity contribution in [3.8, 4) is 0 Å². The van der Waals surface area contributed by atoms with Crippen molar-refractivity contribution in [1.82, 2.24) is 10.3 Å². The zero-order chi connectivity index (χ0) is 16.2. The Labute approximate surface area is 131 Å². The van der Waals surface area contributed by atoms with E-state index in [9.17, 15) is 13.2 Å². The lowest BCUT2D eigenvalue weighted by Gasteiger charge is -2.25. The van der Waals surface area contributed by atoms with Crippen LogP contribution in [0.1, 0.15) is 36.7 Å². The van der Waals surface area contributed by atoms with Gasteiger partial charge < -0.3 is 10.2 Å². The molecule has 122 valence electrons. The van der Waals surface area contributed by atoms with Gasteiger partial charge in [-0.05, 0) is 25.0 Å². The Hall–Kier alpha value is -1.63. The molecule has 0 radical (unpaired) electrons. The lowest BCUT2D eigenvalue weighted by molar-refractivity contribution is 0.0948. The summed E-state index contributed by atoms with van der Waals surface area (Å²) in [5, 5.41) is 2.82. The monoisotopic (exact) mass is 325 g/mol. The van der Waals surface area contributed by atoms with E-state index in [2.05, 4.69) is 17.2 Å². The molecule has 0 aliphatic carbocycles. The maximum atomic E-state index is 11.9. The zero-order valence-electron chi connectivity index (χ0n) is 13.1. The van der Waals surface area contributed by atoms with Crippen LogP contribution in [0.15, 0.2) is 18.3 Å². The largest absolute Gasteiger partial charge is 0.369 e. The molecule has 2 heterocycles. The van der Waals surface area contributed by atoms with Gasteiger partial charge in [0.05, 0.1) is 23.4 Å². The number of nitrogens with zero attached hydrogens (tertiary/aromatic N) is 2. The first-order valence-electron chi connectivity index (χ1n) is 7.60. The van der Waals surface area contributed by atoms with Crippen LogP contribution in [-0.4, -0.2) is 50.4 Å². The molecule has 1 aromatic rings. The summed E-state index contributed by atoms with van der Waals surface area (Å²) in [5.74, 6) is 0.252. The van der Waals surface area contributed by atoms with Crippen LogP contribution < -0.4 is 10.2 Å². The molecular weight excluding hydrogens is 302 g/mol. The average Bonchev–Trinajstić information content (AvgIpc) is 2.87. The van der Waals surface area contributed by atoms with Gasteiger partial charge in [-0.25, -0.2) is 13.4 Å². The SMILES string of the molecule is CCCCNC(=O)c1ccc(N(C)C2CCS(=O)(=O)C2)cn1. The van der Waals surface area contributed by atoms with Gasteiger partial charge in [0, 0.05) is 19.6 Å². The normalized spacial score (nSPS) is 19.8. The van der Waals surface area contributed by atoms with Crippen LogP contribution in [0.25, 0.3) is 0 Å².